The van der Waals surface area contributed by atoms with Crippen molar-refractivity contribution in [3.8, 4) is 0 Å². The van der Waals surface area contributed by atoms with E-state index in [0.29, 0.717) is 0 Å². The van der Waals surface area contributed by atoms with E-state index in [1.807, 2.05) is 18.2 Å². The summed E-state index contributed by atoms with van der Waals surface area (Å²) in [5.74, 6) is 0.196. The second-order valence-corrected chi connectivity index (χ2v) is 5.15. The van der Waals surface area contributed by atoms with Crippen LogP contribution in [0.4, 0.5) is 0 Å². The maximum atomic E-state index is 9.43. The van der Waals surface area contributed by atoms with Crippen LogP contribution in [0.1, 0.15) is 34.6 Å². The first-order valence-electron chi connectivity index (χ1n) is 6.66. The number of hydrogen-bond acceptors (Lipinski definition) is 2. The Morgan fingerprint density at radius 2 is 1.89 bits per heavy atom. The lowest BCUT2D eigenvalue weighted by Crippen LogP contribution is -2.22. The van der Waals surface area contributed by atoms with Crippen molar-refractivity contribution in [2.24, 2.45) is 5.16 Å². The van der Waals surface area contributed by atoms with Crippen molar-refractivity contribution >= 4 is 5.71 Å². The summed E-state index contributed by atoms with van der Waals surface area (Å²) in [6.07, 6.45) is 2.04. The fourth-order valence-electron chi connectivity index (χ4n) is 2.94. The molecule has 0 amide bonds. The topological polar surface area (TPSA) is 32.6 Å². The average Bonchev–Trinajstić information content (AvgIpc) is 2.46. The van der Waals surface area contributed by atoms with Crippen LogP contribution in [0.5, 0.6) is 0 Å². The number of oxime groups is 1. The molecule has 1 atom stereocenters. The Balaban J connectivity index is 2.06. The summed E-state index contributed by atoms with van der Waals surface area (Å²) in [5, 5.41) is 13.0. The monoisotopic (exact) mass is 251 g/mol. The van der Waals surface area contributed by atoms with Gasteiger partial charge in [0.2, 0.25) is 0 Å². The summed E-state index contributed by atoms with van der Waals surface area (Å²) >= 11 is 0. The zero-order valence-corrected chi connectivity index (χ0v) is 11.0. The lowest BCUT2D eigenvalue weighted by Gasteiger charge is -2.26. The SMILES string of the molecule is Cc1ccc2c(c1)CC[C@H](c1ccccc1)/C2=N/O. The molecule has 0 fully saturated rings. The number of hydrogen-bond donors (Lipinski definition) is 1. The standard InChI is InChI=1S/C17H17NO/c1-12-7-9-16-14(11-12)8-10-15(17(16)18-19)13-5-3-2-4-6-13/h2-7,9,11,15,19H,8,10H2,1H3/b18-17-/t15-/m1/s1. The molecule has 3 rings (SSSR count). The van der Waals surface area contributed by atoms with E-state index in [9.17, 15) is 5.21 Å². The highest BCUT2D eigenvalue weighted by Crippen LogP contribution is 2.33. The van der Waals surface area contributed by atoms with E-state index in [2.05, 4.69) is 42.4 Å². The Labute approximate surface area is 113 Å². The highest BCUT2D eigenvalue weighted by atomic mass is 16.4. The van der Waals surface area contributed by atoms with Gasteiger partial charge in [-0.15, -0.1) is 0 Å². The van der Waals surface area contributed by atoms with Crippen molar-refractivity contribution in [3.05, 3.63) is 70.8 Å². The van der Waals surface area contributed by atoms with Gasteiger partial charge in [-0.2, -0.15) is 0 Å². The highest BCUT2D eigenvalue weighted by molar-refractivity contribution is 6.06. The van der Waals surface area contributed by atoms with Crippen LogP contribution in [0.15, 0.2) is 53.7 Å². The van der Waals surface area contributed by atoms with Crippen molar-refractivity contribution in [1.29, 1.82) is 0 Å². The molecule has 1 N–H and O–H groups in total. The van der Waals surface area contributed by atoms with Gasteiger partial charge in [0, 0.05) is 11.5 Å². The van der Waals surface area contributed by atoms with Gasteiger partial charge in [0.15, 0.2) is 0 Å². The Kier molecular flexibility index (Phi) is 3.08. The van der Waals surface area contributed by atoms with Crippen LogP contribution in [0.25, 0.3) is 0 Å². The molecule has 0 radical (unpaired) electrons. The maximum Gasteiger partial charge on any atom is 0.0945 e. The number of nitrogens with zero attached hydrogens (tertiary/aromatic N) is 1. The lowest BCUT2D eigenvalue weighted by atomic mass is 9.78. The van der Waals surface area contributed by atoms with Crippen LogP contribution >= 0.6 is 0 Å². The van der Waals surface area contributed by atoms with Gasteiger partial charge in [-0.3, -0.25) is 0 Å². The molecule has 0 saturated carbocycles. The molecule has 1 aliphatic rings. The molecule has 2 nitrogen and oxygen atoms in total. The largest absolute Gasteiger partial charge is 0.411 e. The number of benzene rings is 2. The Bertz CT molecular complexity index is 616. The van der Waals surface area contributed by atoms with E-state index in [-0.39, 0.29) is 5.92 Å². The van der Waals surface area contributed by atoms with Gasteiger partial charge in [-0.1, -0.05) is 59.3 Å². The molecule has 1 aliphatic carbocycles. The lowest BCUT2D eigenvalue weighted by molar-refractivity contribution is 0.316. The van der Waals surface area contributed by atoms with Crippen LogP contribution in [0.3, 0.4) is 0 Å². The van der Waals surface area contributed by atoms with Crippen molar-refractivity contribution in [2.75, 3.05) is 0 Å². The van der Waals surface area contributed by atoms with E-state index < -0.39 is 0 Å². The zero-order valence-electron chi connectivity index (χ0n) is 11.0. The number of fused-ring (bicyclic) bond motifs is 1. The van der Waals surface area contributed by atoms with Crippen LogP contribution in [-0.4, -0.2) is 10.9 Å². The first-order valence-corrected chi connectivity index (χ1v) is 6.66. The van der Waals surface area contributed by atoms with E-state index in [4.69, 9.17) is 0 Å². The van der Waals surface area contributed by atoms with Gasteiger partial charge in [0.1, 0.15) is 0 Å². The third kappa shape index (κ3) is 2.14. The van der Waals surface area contributed by atoms with Crippen LogP contribution in [0, 0.1) is 6.92 Å². The Morgan fingerprint density at radius 3 is 2.63 bits per heavy atom. The zero-order chi connectivity index (χ0) is 13.2. The summed E-state index contributed by atoms with van der Waals surface area (Å²) in [6, 6.07) is 16.7. The Hall–Kier alpha value is -2.09. The average molecular weight is 251 g/mol. The van der Waals surface area contributed by atoms with E-state index >= 15 is 0 Å². The minimum Gasteiger partial charge on any atom is -0.411 e. The molecule has 2 aromatic rings. The quantitative estimate of drug-likeness (QED) is 0.605. The van der Waals surface area contributed by atoms with Gasteiger partial charge in [-0.25, -0.2) is 0 Å². The van der Waals surface area contributed by atoms with E-state index in [1.165, 1.54) is 16.7 Å². The van der Waals surface area contributed by atoms with Crippen LogP contribution < -0.4 is 0 Å². The second-order valence-electron chi connectivity index (χ2n) is 5.15. The summed E-state index contributed by atoms with van der Waals surface area (Å²) in [6.45, 7) is 2.10. The molecule has 96 valence electrons. The summed E-state index contributed by atoms with van der Waals surface area (Å²) in [5.41, 5.74) is 5.66. The fraction of sp³-hybridized carbons (Fsp3) is 0.235. The molecular formula is C17H17NO. The smallest absolute Gasteiger partial charge is 0.0945 e. The van der Waals surface area contributed by atoms with Crippen LogP contribution in [-0.2, 0) is 6.42 Å². The van der Waals surface area contributed by atoms with E-state index in [0.717, 1.165) is 24.1 Å². The third-order valence-corrected chi connectivity index (χ3v) is 3.88. The first kappa shape index (κ1) is 12.0. The minimum absolute atomic E-state index is 0.196. The molecule has 0 saturated heterocycles. The molecule has 2 aromatic carbocycles. The summed E-state index contributed by atoms with van der Waals surface area (Å²) in [7, 11) is 0. The number of aryl methyl sites for hydroxylation is 2. The molecule has 0 spiro atoms. The second kappa shape index (κ2) is 4.88. The van der Waals surface area contributed by atoms with Gasteiger partial charge in [0.05, 0.1) is 5.71 Å². The molecule has 19 heavy (non-hydrogen) atoms. The van der Waals surface area contributed by atoms with Gasteiger partial charge in [0.25, 0.3) is 0 Å². The maximum absolute atomic E-state index is 9.43. The molecular weight excluding hydrogens is 234 g/mol. The predicted octanol–water partition coefficient (Wildman–Crippen LogP) is 3.90. The molecule has 0 aromatic heterocycles. The van der Waals surface area contributed by atoms with Crippen LogP contribution in [0.2, 0.25) is 0 Å². The minimum atomic E-state index is 0.196. The van der Waals surface area contributed by atoms with E-state index in [1.54, 1.807) is 0 Å². The fourth-order valence-corrected chi connectivity index (χ4v) is 2.94. The van der Waals surface area contributed by atoms with Gasteiger partial charge < -0.3 is 5.21 Å². The predicted molar refractivity (Wildman–Crippen MR) is 77.0 cm³/mol. The third-order valence-electron chi connectivity index (χ3n) is 3.88. The molecule has 0 aliphatic heterocycles. The summed E-state index contributed by atoms with van der Waals surface area (Å²) in [4.78, 5) is 0. The van der Waals surface area contributed by atoms with Crippen molar-refractivity contribution in [3.63, 3.8) is 0 Å². The van der Waals surface area contributed by atoms with Gasteiger partial charge >= 0.3 is 0 Å². The highest BCUT2D eigenvalue weighted by Gasteiger charge is 2.27. The normalized spacial score (nSPS) is 20.3. The first-order chi connectivity index (χ1) is 9.29. The van der Waals surface area contributed by atoms with Crippen molar-refractivity contribution < 1.29 is 5.21 Å². The molecule has 0 heterocycles. The molecule has 2 heteroatoms. The number of rotatable bonds is 1. The molecule has 0 unspecified atom stereocenters. The Morgan fingerprint density at radius 1 is 1.11 bits per heavy atom. The van der Waals surface area contributed by atoms with Crippen molar-refractivity contribution in [1.82, 2.24) is 0 Å². The molecule has 0 bridgehead atoms. The summed E-state index contributed by atoms with van der Waals surface area (Å²) < 4.78 is 0. The van der Waals surface area contributed by atoms with Crippen molar-refractivity contribution in [2.45, 2.75) is 25.7 Å². The van der Waals surface area contributed by atoms with Gasteiger partial charge in [-0.05, 0) is 30.9 Å².